The maximum atomic E-state index is 12.3. The van der Waals surface area contributed by atoms with Gasteiger partial charge in [-0.25, -0.2) is 9.59 Å². The van der Waals surface area contributed by atoms with Crippen molar-refractivity contribution in [3.05, 3.63) is 44.4 Å². The number of allylic oxidation sites excluding steroid dienone is 2. The number of dihydropyridines is 1. The van der Waals surface area contributed by atoms with Gasteiger partial charge in [-0.05, 0) is 30.9 Å². The summed E-state index contributed by atoms with van der Waals surface area (Å²) in [5.41, 5.74) is 1.90. The zero-order valence-corrected chi connectivity index (χ0v) is 14.1. The van der Waals surface area contributed by atoms with E-state index in [2.05, 4.69) is 5.32 Å². The van der Waals surface area contributed by atoms with Gasteiger partial charge in [0.2, 0.25) is 0 Å². The van der Waals surface area contributed by atoms with Crippen LogP contribution in [0.2, 0.25) is 0 Å². The Kier molecular flexibility index (Phi) is 5.00. The number of carbonyl (C=O) groups excluding carboxylic acids is 3. The van der Waals surface area contributed by atoms with Crippen molar-refractivity contribution in [2.45, 2.75) is 19.8 Å². The second-order valence-corrected chi connectivity index (χ2v) is 5.94. The first-order valence-corrected chi connectivity index (χ1v) is 7.71. The number of hydrogen-bond acceptors (Lipinski definition) is 7. The summed E-state index contributed by atoms with van der Waals surface area (Å²) in [7, 11) is 2.51. The quantitative estimate of drug-likeness (QED) is 0.668. The average Bonchev–Trinajstić information content (AvgIpc) is 2.97. The molecule has 1 atom stereocenters. The first kappa shape index (κ1) is 17.0. The monoisotopic (exact) mass is 335 g/mol. The summed E-state index contributed by atoms with van der Waals surface area (Å²) in [5, 5.41) is 4.67. The number of aldehydes is 1. The maximum absolute atomic E-state index is 12.3. The topological polar surface area (TPSA) is 81.7 Å². The molecule has 1 aliphatic rings. The number of methoxy groups -OCH3 is 2. The van der Waals surface area contributed by atoms with Gasteiger partial charge in [-0.3, -0.25) is 4.79 Å². The van der Waals surface area contributed by atoms with Crippen LogP contribution < -0.4 is 5.32 Å². The summed E-state index contributed by atoms with van der Waals surface area (Å²) in [5.74, 6) is -1.91. The molecule has 6 nitrogen and oxygen atoms in total. The standard InChI is InChI=1S/C16H17NO5S/c1-8-5-6-23-14(8)13-11(15(19)21-3)9(2)17-10(7-18)12(13)16(20)22-4/h5-7,13,17H,1-4H3. The van der Waals surface area contributed by atoms with Crippen LogP contribution in [0, 0.1) is 6.92 Å². The largest absolute Gasteiger partial charge is 0.466 e. The molecule has 0 saturated heterocycles. The Hall–Kier alpha value is -2.41. The molecule has 0 saturated carbocycles. The third-order valence-corrected chi connectivity index (χ3v) is 4.77. The molecule has 2 heterocycles. The van der Waals surface area contributed by atoms with Crippen molar-refractivity contribution in [1.29, 1.82) is 0 Å². The first-order valence-electron chi connectivity index (χ1n) is 6.84. The Morgan fingerprint density at radius 3 is 2.26 bits per heavy atom. The molecule has 1 N–H and O–H groups in total. The highest BCUT2D eigenvalue weighted by Gasteiger charge is 2.39. The summed E-state index contributed by atoms with van der Waals surface area (Å²) in [6.45, 7) is 3.55. The van der Waals surface area contributed by atoms with Gasteiger partial charge in [0.25, 0.3) is 0 Å². The fourth-order valence-electron chi connectivity index (χ4n) is 2.61. The summed E-state index contributed by atoms with van der Waals surface area (Å²) in [6, 6.07) is 1.89. The van der Waals surface area contributed by atoms with Crippen LogP contribution >= 0.6 is 11.3 Å². The molecule has 7 heteroatoms. The number of aryl methyl sites for hydroxylation is 1. The molecule has 0 fully saturated rings. The molecule has 1 unspecified atom stereocenters. The van der Waals surface area contributed by atoms with Crippen LogP contribution in [0.5, 0.6) is 0 Å². The number of ether oxygens (including phenoxy) is 2. The Morgan fingerprint density at radius 2 is 1.78 bits per heavy atom. The normalized spacial score (nSPS) is 17.7. The third kappa shape index (κ3) is 2.92. The zero-order valence-electron chi connectivity index (χ0n) is 13.3. The highest BCUT2D eigenvalue weighted by atomic mass is 32.1. The second kappa shape index (κ2) is 6.78. The highest BCUT2D eigenvalue weighted by Crippen LogP contribution is 2.42. The van der Waals surface area contributed by atoms with Gasteiger partial charge < -0.3 is 14.8 Å². The number of nitrogens with one attached hydrogen (secondary N) is 1. The third-order valence-electron chi connectivity index (χ3n) is 3.69. The van der Waals surface area contributed by atoms with Crippen molar-refractivity contribution in [2.24, 2.45) is 0 Å². The van der Waals surface area contributed by atoms with E-state index >= 15 is 0 Å². The number of thiophene rings is 1. The number of esters is 2. The predicted octanol–water partition coefficient (Wildman–Crippen LogP) is 1.82. The summed E-state index contributed by atoms with van der Waals surface area (Å²) < 4.78 is 9.68. The van der Waals surface area contributed by atoms with Gasteiger partial charge in [-0.2, -0.15) is 0 Å². The van der Waals surface area contributed by atoms with Crippen molar-refractivity contribution in [3.63, 3.8) is 0 Å². The number of hydrogen-bond donors (Lipinski definition) is 1. The number of carbonyl (C=O) groups is 3. The van der Waals surface area contributed by atoms with Gasteiger partial charge >= 0.3 is 11.9 Å². The van der Waals surface area contributed by atoms with Crippen molar-refractivity contribution < 1.29 is 23.9 Å². The molecule has 1 aromatic rings. The van der Waals surface area contributed by atoms with E-state index in [1.165, 1.54) is 25.6 Å². The van der Waals surface area contributed by atoms with Gasteiger partial charge in [0.05, 0.1) is 37.0 Å². The fraction of sp³-hybridized carbons (Fsp3) is 0.312. The lowest BCUT2D eigenvalue weighted by Crippen LogP contribution is -2.33. The Bertz CT molecular complexity index is 729. The Balaban J connectivity index is 2.75. The van der Waals surface area contributed by atoms with E-state index in [9.17, 15) is 14.4 Å². The van der Waals surface area contributed by atoms with Crippen LogP contribution in [0.1, 0.15) is 23.3 Å². The van der Waals surface area contributed by atoms with E-state index in [0.717, 1.165) is 10.4 Å². The molecule has 122 valence electrons. The lowest BCUT2D eigenvalue weighted by molar-refractivity contribution is -0.137. The molecule has 1 aliphatic heterocycles. The summed E-state index contributed by atoms with van der Waals surface area (Å²) >= 11 is 1.41. The lowest BCUT2D eigenvalue weighted by atomic mass is 9.83. The first-order chi connectivity index (χ1) is 11.0. The minimum Gasteiger partial charge on any atom is -0.466 e. The minimum atomic E-state index is -0.698. The van der Waals surface area contributed by atoms with Gasteiger partial charge in [0.1, 0.15) is 0 Å². The molecule has 0 aromatic carbocycles. The molecule has 0 radical (unpaired) electrons. The van der Waals surface area contributed by atoms with E-state index in [1.807, 2.05) is 18.4 Å². The van der Waals surface area contributed by atoms with Gasteiger partial charge in [0, 0.05) is 10.6 Å². The fourth-order valence-corrected chi connectivity index (χ4v) is 3.65. The van der Waals surface area contributed by atoms with Crippen molar-refractivity contribution >= 4 is 29.6 Å². The van der Waals surface area contributed by atoms with Crippen LogP contribution in [0.25, 0.3) is 0 Å². The van der Waals surface area contributed by atoms with Gasteiger partial charge in [-0.15, -0.1) is 11.3 Å². The SMILES string of the molecule is COC(=O)C1=C(C)NC(C=O)=C(C(=O)OC)C1c1sccc1C. The maximum Gasteiger partial charge on any atom is 0.336 e. The van der Waals surface area contributed by atoms with Crippen molar-refractivity contribution in [2.75, 3.05) is 14.2 Å². The van der Waals surface area contributed by atoms with Crippen LogP contribution in [0.15, 0.2) is 34.0 Å². The molecule has 0 aliphatic carbocycles. The van der Waals surface area contributed by atoms with E-state index in [1.54, 1.807) is 6.92 Å². The van der Waals surface area contributed by atoms with E-state index in [4.69, 9.17) is 9.47 Å². The minimum absolute atomic E-state index is 0.0970. The average molecular weight is 335 g/mol. The van der Waals surface area contributed by atoms with Crippen LogP contribution in [-0.4, -0.2) is 32.4 Å². The van der Waals surface area contributed by atoms with Crippen LogP contribution in [0.3, 0.4) is 0 Å². The molecular formula is C16H17NO5S. The zero-order chi connectivity index (χ0) is 17.1. The van der Waals surface area contributed by atoms with Gasteiger partial charge in [0.15, 0.2) is 6.29 Å². The Labute approximate surface area is 137 Å². The van der Waals surface area contributed by atoms with E-state index in [-0.39, 0.29) is 11.3 Å². The van der Waals surface area contributed by atoms with E-state index < -0.39 is 17.9 Å². The Morgan fingerprint density at radius 1 is 1.17 bits per heavy atom. The van der Waals surface area contributed by atoms with Crippen LogP contribution in [-0.2, 0) is 23.9 Å². The molecule has 0 spiro atoms. The van der Waals surface area contributed by atoms with Crippen LogP contribution in [0.4, 0.5) is 0 Å². The molecule has 0 bridgehead atoms. The second-order valence-electron chi connectivity index (χ2n) is 4.99. The summed E-state index contributed by atoms with van der Waals surface area (Å²) in [4.78, 5) is 36.8. The van der Waals surface area contributed by atoms with Crippen molar-refractivity contribution in [1.82, 2.24) is 5.32 Å². The highest BCUT2D eigenvalue weighted by molar-refractivity contribution is 7.10. The summed E-state index contributed by atoms with van der Waals surface area (Å²) in [6.07, 6.45) is 0.555. The molecular weight excluding hydrogens is 318 g/mol. The lowest BCUT2D eigenvalue weighted by Gasteiger charge is -2.29. The number of rotatable bonds is 4. The molecule has 1 aromatic heterocycles. The molecule has 23 heavy (non-hydrogen) atoms. The van der Waals surface area contributed by atoms with E-state index in [0.29, 0.717) is 17.6 Å². The smallest absolute Gasteiger partial charge is 0.336 e. The van der Waals surface area contributed by atoms with Crippen molar-refractivity contribution in [3.8, 4) is 0 Å². The van der Waals surface area contributed by atoms with Gasteiger partial charge in [-0.1, -0.05) is 0 Å². The molecule has 0 amide bonds. The predicted molar refractivity (Wildman–Crippen MR) is 84.8 cm³/mol. The molecule has 2 rings (SSSR count).